The molecule has 3 atom stereocenters. The van der Waals surface area contributed by atoms with Crippen LogP contribution in [0.5, 0.6) is 0 Å². The minimum absolute atomic E-state index is 0.193. The zero-order valence-electron chi connectivity index (χ0n) is 24.1. The first kappa shape index (κ1) is 27.5. The molecule has 40 heavy (non-hydrogen) atoms. The molecule has 1 saturated heterocycles. The summed E-state index contributed by atoms with van der Waals surface area (Å²) in [5, 5.41) is 2.06. The number of hydrogen-bond donors (Lipinski definition) is 0. The molecule has 0 spiro atoms. The van der Waals surface area contributed by atoms with Crippen molar-refractivity contribution < 1.29 is 28.6 Å². The molecule has 2 amide bonds. The van der Waals surface area contributed by atoms with Crippen molar-refractivity contribution in [3.63, 3.8) is 0 Å². The van der Waals surface area contributed by atoms with E-state index in [9.17, 15) is 14.4 Å². The number of anilines is 1. The molecule has 0 bridgehead atoms. The molecule has 0 aliphatic carbocycles. The second-order valence-electron chi connectivity index (χ2n) is 12.4. The molecule has 210 valence electrons. The van der Waals surface area contributed by atoms with Crippen molar-refractivity contribution in [1.29, 1.82) is 0 Å². The molecular formula is C32H36N2O6. The van der Waals surface area contributed by atoms with Gasteiger partial charge in [0.25, 0.3) is 0 Å². The molecule has 1 fully saturated rings. The molecule has 3 aromatic rings. The number of hydrogen-bond acceptors (Lipinski definition) is 6. The molecule has 2 aliphatic heterocycles. The fourth-order valence-electron chi connectivity index (χ4n) is 5.98. The molecule has 2 heterocycles. The Labute approximate surface area is 234 Å². The van der Waals surface area contributed by atoms with E-state index in [1.165, 1.54) is 16.9 Å². The van der Waals surface area contributed by atoms with Gasteiger partial charge in [-0.1, -0.05) is 60.7 Å². The van der Waals surface area contributed by atoms with E-state index in [-0.39, 0.29) is 6.42 Å². The molecule has 8 heteroatoms. The van der Waals surface area contributed by atoms with E-state index in [4.69, 9.17) is 14.2 Å². The van der Waals surface area contributed by atoms with Gasteiger partial charge in [-0.15, -0.1) is 0 Å². The molecule has 0 saturated carbocycles. The lowest BCUT2D eigenvalue weighted by Gasteiger charge is -2.39. The van der Waals surface area contributed by atoms with Crippen LogP contribution in [0.2, 0.25) is 0 Å². The van der Waals surface area contributed by atoms with Crippen LogP contribution in [0.15, 0.2) is 66.7 Å². The monoisotopic (exact) mass is 544 g/mol. The molecule has 3 aromatic carbocycles. The van der Waals surface area contributed by atoms with Crippen LogP contribution in [0.4, 0.5) is 15.3 Å². The van der Waals surface area contributed by atoms with Crippen LogP contribution in [-0.2, 0) is 24.4 Å². The normalized spacial score (nSPS) is 22.1. The highest BCUT2D eigenvalue weighted by atomic mass is 16.6. The molecule has 2 aliphatic rings. The van der Waals surface area contributed by atoms with Crippen LogP contribution in [-0.4, -0.2) is 53.6 Å². The maximum atomic E-state index is 14.0. The summed E-state index contributed by atoms with van der Waals surface area (Å²) in [5.41, 5.74) is -0.291. The standard InChI is InChI=1S/C32H36N2O6/c1-30(2,3)39-28(36)33-24-15-11-10-14-23(24)32(22-17-16-20-12-8-9-13-21(20)18-22)19-25(26(35)38-7)34(27(32)33)29(37)40-31(4,5)6/h8-18,25,27H,19H2,1-7H3/t25-,27-,32+/m0/s1. The first-order chi connectivity index (χ1) is 18.8. The molecule has 0 unspecified atom stereocenters. The summed E-state index contributed by atoms with van der Waals surface area (Å²) in [4.78, 5) is 44.1. The number of carbonyl (C=O) groups is 3. The average Bonchev–Trinajstić information content (AvgIpc) is 3.37. The molecule has 0 radical (unpaired) electrons. The highest BCUT2D eigenvalue weighted by molar-refractivity contribution is 5.97. The average molecular weight is 545 g/mol. The Kier molecular flexibility index (Phi) is 6.56. The van der Waals surface area contributed by atoms with E-state index < -0.39 is 47.0 Å². The number of benzene rings is 3. The second kappa shape index (κ2) is 9.54. The van der Waals surface area contributed by atoms with E-state index in [0.29, 0.717) is 5.69 Å². The number of esters is 1. The van der Waals surface area contributed by atoms with E-state index in [2.05, 4.69) is 6.07 Å². The van der Waals surface area contributed by atoms with E-state index in [1.54, 1.807) is 41.5 Å². The SMILES string of the molecule is COC(=O)[C@@H]1C[C@@]2(c3ccc4ccccc4c3)c3ccccc3N(C(=O)OC(C)(C)C)[C@H]2N1C(=O)OC(C)(C)C. The molecule has 5 rings (SSSR count). The van der Waals surface area contributed by atoms with Gasteiger partial charge in [-0.2, -0.15) is 0 Å². The lowest BCUT2D eigenvalue weighted by atomic mass is 9.72. The van der Waals surface area contributed by atoms with Crippen LogP contribution in [0.25, 0.3) is 10.8 Å². The number of methoxy groups -OCH3 is 1. The van der Waals surface area contributed by atoms with Crippen molar-refractivity contribution in [1.82, 2.24) is 4.90 Å². The first-order valence-electron chi connectivity index (χ1n) is 13.5. The van der Waals surface area contributed by atoms with Gasteiger partial charge in [-0.05, 0) is 75.9 Å². The third-order valence-corrected chi connectivity index (χ3v) is 7.38. The number of carbonyl (C=O) groups excluding carboxylic acids is 3. The quantitative estimate of drug-likeness (QED) is 0.275. The maximum absolute atomic E-state index is 14.0. The summed E-state index contributed by atoms with van der Waals surface area (Å²) in [6.07, 6.45) is -2.08. The van der Waals surface area contributed by atoms with Crippen LogP contribution in [0, 0.1) is 0 Å². The fourth-order valence-corrected chi connectivity index (χ4v) is 5.98. The number of rotatable bonds is 2. The predicted molar refractivity (Wildman–Crippen MR) is 152 cm³/mol. The fraction of sp³-hybridized carbons (Fsp3) is 0.406. The minimum Gasteiger partial charge on any atom is -0.467 e. The Hall–Kier alpha value is -4.07. The molecule has 8 nitrogen and oxygen atoms in total. The maximum Gasteiger partial charge on any atom is 0.416 e. The number of amides is 2. The third-order valence-electron chi connectivity index (χ3n) is 7.38. The van der Waals surface area contributed by atoms with Crippen molar-refractivity contribution in [3.8, 4) is 0 Å². The highest BCUT2D eigenvalue weighted by Gasteiger charge is 2.66. The molecule has 0 aromatic heterocycles. The second-order valence-corrected chi connectivity index (χ2v) is 12.4. The van der Waals surface area contributed by atoms with Crippen LogP contribution in [0.1, 0.15) is 59.1 Å². The summed E-state index contributed by atoms with van der Waals surface area (Å²) in [5.74, 6) is -0.581. The largest absolute Gasteiger partial charge is 0.467 e. The van der Waals surface area contributed by atoms with Gasteiger partial charge in [0, 0.05) is 0 Å². The van der Waals surface area contributed by atoms with Crippen molar-refractivity contribution >= 4 is 34.6 Å². The van der Waals surface area contributed by atoms with Crippen molar-refractivity contribution in [2.75, 3.05) is 12.0 Å². The lowest BCUT2D eigenvalue weighted by molar-refractivity contribution is -0.146. The first-order valence-corrected chi connectivity index (χ1v) is 13.5. The Morgan fingerprint density at radius 2 is 1.40 bits per heavy atom. The molecular weight excluding hydrogens is 508 g/mol. The zero-order valence-corrected chi connectivity index (χ0v) is 24.1. The Bertz CT molecular complexity index is 1490. The van der Waals surface area contributed by atoms with Crippen molar-refractivity contribution in [2.24, 2.45) is 0 Å². The van der Waals surface area contributed by atoms with Crippen molar-refractivity contribution in [2.45, 2.75) is 76.8 Å². The number of ether oxygens (including phenoxy) is 3. The van der Waals surface area contributed by atoms with Gasteiger partial charge in [0.05, 0.1) is 18.2 Å². The van der Waals surface area contributed by atoms with Gasteiger partial charge >= 0.3 is 18.2 Å². The van der Waals surface area contributed by atoms with E-state index in [0.717, 1.165) is 21.9 Å². The van der Waals surface area contributed by atoms with Crippen LogP contribution < -0.4 is 4.90 Å². The van der Waals surface area contributed by atoms with Gasteiger partial charge in [-0.3, -0.25) is 9.80 Å². The zero-order chi connectivity index (χ0) is 29.0. The van der Waals surface area contributed by atoms with Crippen LogP contribution >= 0.6 is 0 Å². The number of nitrogens with zero attached hydrogens (tertiary/aromatic N) is 2. The third kappa shape index (κ3) is 4.55. The lowest BCUT2D eigenvalue weighted by Crippen LogP contribution is -2.58. The van der Waals surface area contributed by atoms with E-state index >= 15 is 0 Å². The van der Waals surface area contributed by atoms with Gasteiger partial charge in [0.15, 0.2) is 0 Å². The summed E-state index contributed by atoms with van der Waals surface area (Å²) in [6.45, 7) is 10.7. The number of fused-ring (bicyclic) bond motifs is 4. The summed E-state index contributed by atoms with van der Waals surface area (Å²) in [6, 6.07) is 20.7. The van der Waals surface area contributed by atoms with Gasteiger partial charge in [0.2, 0.25) is 0 Å². The summed E-state index contributed by atoms with van der Waals surface area (Å²) in [7, 11) is 1.30. The Morgan fingerprint density at radius 1 is 0.800 bits per heavy atom. The van der Waals surface area contributed by atoms with Gasteiger partial charge in [-0.25, -0.2) is 14.4 Å². The highest BCUT2D eigenvalue weighted by Crippen LogP contribution is 2.58. The minimum atomic E-state index is -1.00. The van der Waals surface area contributed by atoms with Crippen molar-refractivity contribution in [3.05, 3.63) is 77.9 Å². The molecule has 0 N–H and O–H groups in total. The topological polar surface area (TPSA) is 85.4 Å². The van der Waals surface area contributed by atoms with Crippen LogP contribution in [0.3, 0.4) is 0 Å². The van der Waals surface area contributed by atoms with E-state index in [1.807, 2.05) is 60.7 Å². The Balaban J connectivity index is 1.80. The summed E-state index contributed by atoms with van der Waals surface area (Å²) < 4.78 is 16.9. The Morgan fingerprint density at radius 3 is 2.05 bits per heavy atom. The predicted octanol–water partition coefficient (Wildman–Crippen LogP) is 6.39. The number of likely N-dealkylation sites (tertiary alicyclic amines) is 1. The number of para-hydroxylation sites is 1. The summed E-state index contributed by atoms with van der Waals surface area (Å²) >= 11 is 0. The smallest absolute Gasteiger partial charge is 0.416 e. The van der Waals surface area contributed by atoms with Gasteiger partial charge in [0.1, 0.15) is 23.4 Å². The van der Waals surface area contributed by atoms with Gasteiger partial charge < -0.3 is 14.2 Å².